The van der Waals surface area contributed by atoms with Crippen LogP contribution in [0.25, 0.3) is 0 Å². The number of nitrogens with one attached hydrogen (secondary N) is 1. The average molecular weight is 231 g/mol. The second-order valence-electron chi connectivity index (χ2n) is 4.00. The summed E-state index contributed by atoms with van der Waals surface area (Å²) in [6, 6.07) is 8.89. The summed E-state index contributed by atoms with van der Waals surface area (Å²) in [7, 11) is 3.88. The van der Waals surface area contributed by atoms with Gasteiger partial charge in [-0.3, -0.25) is 4.79 Å². The molecule has 0 fully saturated rings. The first-order valence-electron chi connectivity index (χ1n) is 5.56. The van der Waals surface area contributed by atoms with Crippen LogP contribution < -0.4 is 10.2 Å². The Morgan fingerprint density at radius 1 is 1.41 bits per heavy atom. The molecule has 1 aromatic rings. The maximum Gasteiger partial charge on any atom is 0.252 e. The molecule has 1 N–H and O–H groups in total. The highest BCUT2D eigenvalue weighted by Gasteiger charge is 2.10. The molecule has 4 nitrogen and oxygen atoms in total. The van der Waals surface area contributed by atoms with Crippen LogP contribution in [-0.2, 0) is 0 Å². The Morgan fingerprint density at radius 3 is 2.41 bits per heavy atom. The van der Waals surface area contributed by atoms with E-state index in [1.54, 1.807) is 12.1 Å². The summed E-state index contributed by atoms with van der Waals surface area (Å²) in [6.45, 7) is 1.86. The molecule has 1 amide bonds. The molecule has 0 bridgehead atoms. The fraction of sp³-hybridized carbons (Fsp3) is 0.385. The van der Waals surface area contributed by atoms with Crippen molar-refractivity contribution in [3.63, 3.8) is 0 Å². The molecule has 90 valence electrons. The zero-order valence-corrected chi connectivity index (χ0v) is 10.4. The van der Waals surface area contributed by atoms with Gasteiger partial charge in [-0.05, 0) is 30.7 Å². The summed E-state index contributed by atoms with van der Waals surface area (Å²) in [6.07, 6.45) is 0.609. The highest BCUT2D eigenvalue weighted by molar-refractivity contribution is 5.94. The van der Waals surface area contributed by atoms with Crippen LogP contribution in [0.15, 0.2) is 24.3 Å². The van der Waals surface area contributed by atoms with Gasteiger partial charge in [0.1, 0.15) is 6.04 Å². The van der Waals surface area contributed by atoms with Gasteiger partial charge in [-0.15, -0.1) is 0 Å². The van der Waals surface area contributed by atoms with Crippen LogP contribution in [0.5, 0.6) is 0 Å². The summed E-state index contributed by atoms with van der Waals surface area (Å²) in [5, 5.41) is 11.4. The quantitative estimate of drug-likeness (QED) is 0.859. The third-order valence-corrected chi connectivity index (χ3v) is 2.52. The van der Waals surface area contributed by atoms with Gasteiger partial charge in [-0.1, -0.05) is 6.92 Å². The Hall–Kier alpha value is -2.02. The number of carbonyl (C=O) groups is 1. The molecule has 0 heterocycles. The van der Waals surface area contributed by atoms with Gasteiger partial charge in [-0.25, -0.2) is 0 Å². The first-order valence-corrected chi connectivity index (χ1v) is 5.56. The van der Waals surface area contributed by atoms with Crippen molar-refractivity contribution < 1.29 is 4.79 Å². The standard InChI is InChI=1S/C13H17N3O/c1-4-11(9-14)15-13(17)10-5-7-12(8-6-10)16(2)3/h5-8,11H,4H2,1-3H3,(H,15,17). The number of benzene rings is 1. The minimum atomic E-state index is -0.420. The maximum absolute atomic E-state index is 11.8. The van der Waals surface area contributed by atoms with E-state index in [-0.39, 0.29) is 5.91 Å². The van der Waals surface area contributed by atoms with Crippen molar-refractivity contribution in [2.75, 3.05) is 19.0 Å². The molecule has 1 rings (SSSR count). The first-order chi connectivity index (χ1) is 8.08. The molecule has 0 spiro atoms. The average Bonchev–Trinajstić information content (AvgIpc) is 2.35. The van der Waals surface area contributed by atoms with E-state index < -0.39 is 6.04 Å². The van der Waals surface area contributed by atoms with Gasteiger partial charge in [0.2, 0.25) is 0 Å². The number of amides is 1. The minimum absolute atomic E-state index is 0.205. The largest absolute Gasteiger partial charge is 0.378 e. The number of hydrogen-bond acceptors (Lipinski definition) is 3. The monoisotopic (exact) mass is 231 g/mol. The van der Waals surface area contributed by atoms with Crippen LogP contribution in [0.4, 0.5) is 5.69 Å². The Kier molecular flexibility index (Phi) is 4.53. The van der Waals surface area contributed by atoms with E-state index in [1.807, 2.05) is 44.1 Å². The summed E-state index contributed by atoms with van der Waals surface area (Å²) in [5.74, 6) is -0.205. The van der Waals surface area contributed by atoms with E-state index in [4.69, 9.17) is 5.26 Å². The van der Waals surface area contributed by atoms with Crippen molar-refractivity contribution in [3.05, 3.63) is 29.8 Å². The van der Waals surface area contributed by atoms with Gasteiger partial charge in [0.15, 0.2) is 0 Å². The maximum atomic E-state index is 11.8. The minimum Gasteiger partial charge on any atom is -0.378 e. The number of nitrogens with zero attached hydrogens (tertiary/aromatic N) is 2. The Morgan fingerprint density at radius 2 is 2.00 bits per heavy atom. The fourth-order valence-corrected chi connectivity index (χ4v) is 1.38. The number of nitriles is 1. The number of rotatable bonds is 4. The van der Waals surface area contributed by atoms with Crippen molar-refractivity contribution in [1.82, 2.24) is 5.32 Å². The molecule has 17 heavy (non-hydrogen) atoms. The van der Waals surface area contributed by atoms with Gasteiger partial charge < -0.3 is 10.2 Å². The first kappa shape index (κ1) is 13.0. The molecular formula is C13H17N3O. The van der Waals surface area contributed by atoms with Crippen LogP contribution in [-0.4, -0.2) is 26.0 Å². The van der Waals surface area contributed by atoms with Crippen molar-refractivity contribution >= 4 is 11.6 Å². The molecule has 1 aromatic carbocycles. The van der Waals surface area contributed by atoms with E-state index in [0.717, 1.165) is 5.69 Å². The third-order valence-electron chi connectivity index (χ3n) is 2.52. The van der Waals surface area contributed by atoms with Gasteiger partial charge in [0, 0.05) is 25.3 Å². The Balaban J connectivity index is 2.74. The van der Waals surface area contributed by atoms with E-state index in [0.29, 0.717) is 12.0 Å². The van der Waals surface area contributed by atoms with Gasteiger partial charge in [-0.2, -0.15) is 5.26 Å². The highest BCUT2D eigenvalue weighted by atomic mass is 16.1. The molecule has 4 heteroatoms. The van der Waals surface area contributed by atoms with Crippen LogP contribution >= 0.6 is 0 Å². The van der Waals surface area contributed by atoms with Crippen molar-refractivity contribution in [3.8, 4) is 6.07 Å². The number of hydrogen-bond donors (Lipinski definition) is 1. The molecule has 0 saturated heterocycles. The van der Waals surface area contributed by atoms with E-state index in [9.17, 15) is 4.79 Å². The lowest BCUT2D eigenvalue weighted by Gasteiger charge is -2.13. The summed E-state index contributed by atoms with van der Waals surface area (Å²) in [4.78, 5) is 13.7. The fourth-order valence-electron chi connectivity index (χ4n) is 1.38. The van der Waals surface area contributed by atoms with Crippen molar-refractivity contribution in [2.24, 2.45) is 0 Å². The van der Waals surface area contributed by atoms with Crippen molar-refractivity contribution in [1.29, 1.82) is 5.26 Å². The topological polar surface area (TPSA) is 56.1 Å². The molecule has 0 aromatic heterocycles. The lowest BCUT2D eigenvalue weighted by atomic mass is 10.1. The Bertz CT molecular complexity index is 417. The molecule has 0 saturated carbocycles. The van der Waals surface area contributed by atoms with Gasteiger partial charge in [0.25, 0.3) is 5.91 Å². The lowest BCUT2D eigenvalue weighted by Crippen LogP contribution is -2.33. The third kappa shape index (κ3) is 3.49. The normalized spacial score (nSPS) is 11.4. The van der Waals surface area contributed by atoms with E-state index in [1.165, 1.54) is 0 Å². The van der Waals surface area contributed by atoms with Gasteiger partial charge >= 0.3 is 0 Å². The predicted octanol–water partition coefficient (Wildman–Crippen LogP) is 1.78. The summed E-state index contributed by atoms with van der Waals surface area (Å²) >= 11 is 0. The molecule has 1 unspecified atom stereocenters. The SMILES string of the molecule is CCC(C#N)NC(=O)c1ccc(N(C)C)cc1. The van der Waals surface area contributed by atoms with Gasteiger partial charge in [0.05, 0.1) is 6.07 Å². The number of carbonyl (C=O) groups excluding carboxylic acids is 1. The van der Waals surface area contributed by atoms with Crippen LogP contribution in [0, 0.1) is 11.3 Å². The van der Waals surface area contributed by atoms with E-state index in [2.05, 4.69) is 5.32 Å². The second-order valence-corrected chi connectivity index (χ2v) is 4.00. The number of anilines is 1. The summed E-state index contributed by atoms with van der Waals surface area (Å²) in [5.41, 5.74) is 1.61. The van der Waals surface area contributed by atoms with Crippen molar-refractivity contribution in [2.45, 2.75) is 19.4 Å². The molecule has 0 radical (unpaired) electrons. The molecule has 0 aliphatic rings. The van der Waals surface area contributed by atoms with Crippen LogP contribution in [0.1, 0.15) is 23.7 Å². The summed E-state index contributed by atoms with van der Waals surface area (Å²) < 4.78 is 0. The smallest absolute Gasteiger partial charge is 0.252 e. The van der Waals surface area contributed by atoms with E-state index >= 15 is 0 Å². The second kappa shape index (κ2) is 5.90. The molecular weight excluding hydrogens is 214 g/mol. The Labute approximate surface area is 102 Å². The molecule has 0 aliphatic carbocycles. The van der Waals surface area contributed by atoms with Crippen LogP contribution in [0.3, 0.4) is 0 Å². The molecule has 1 atom stereocenters. The van der Waals surface area contributed by atoms with Crippen LogP contribution in [0.2, 0.25) is 0 Å². The lowest BCUT2D eigenvalue weighted by molar-refractivity contribution is 0.0944. The molecule has 0 aliphatic heterocycles. The predicted molar refractivity (Wildman–Crippen MR) is 67.9 cm³/mol. The zero-order chi connectivity index (χ0) is 12.8. The highest BCUT2D eigenvalue weighted by Crippen LogP contribution is 2.12. The zero-order valence-electron chi connectivity index (χ0n) is 10.4.